The Hall–Kier alpha value is -1.18. The molecule has 0 aliphatic carbocycles. The van der Waals surface area contributed by atoms with Crippen molar-refractivity contribution in [3.63, 3.8) is 0 Å². The van der Waals surface area contributed by atoms with Crippen LogP contribution in [0.3, 0.4) is 0 Å². The summed E-state index contributed by atoms with van der Waals surface area (Å²) in [6, 6.07) is 0. The number of carboxylic acid groups (broad SMARTS) is 1. The van der Waals surface area contributed by atoms with Gasteiger partial charge in [-0.3, -0.25) is 15.2 Å². The Morgan fingerprint density at radius 1 is 1.46 bits per heavy atom. The van der Waals surface area contributed by atoms with Crippen molar-refractivity contribution in [1.82, 2.24) is 5.23 Å². The van der Waals surface area contributed by atoms with Gasteiger partial charge in [0.25, 0.3) is 0 Å². The normalized spacial score (nSPS) is 15.4. The molecular weight excluding hydrogens is 180 g/mol. The van der Waals surface area contributed by atoms with E-state index in [4.69, 9.17) is 21.3 Å². The molecule has 0 aliphatic rings. The standard InChI is InChI=1S/C6H12N2O5/c1-2-6(5(10)11,8(12)13)3-4(7)9/h12-13H,2-3H2,1H3,(H2,7,9)(H,10,11)/t6-/m0/s1. The summed E-state index contributed by atoms with van der Waals surface area (Å²) in [6.07, 6.45) is -0.815. The largest absolute Gasteiger partial charge is 0.480 e. The van der Waals surface area contributed by atoms with Crippen LogP contribution < -0.4 is 5.73 Å². The topological polar surface area (TPSA) is 124 Å². The van der Waals surface area contributed by atoms with E-state index in [0.717, 1.165) is 0 Å². The van der Waals surface area contributed by atoms with E-state index in [9.17, 15) is 9.59 Å². The lowest BCUT2D eigenvalue weighted by Crippen LogP contribution is -2.53. The van der Waals surface area contributed by atoms with Crippen molar-refractivity contribution < 1.29 is 25.1 Å². The van der Waals surface area contributed by atoms with E-state index in [1.165, 1.54) is 6.92 Å². The Kier molecular flexibility index (Phi) is 3.79. The molecule has 0 rings (SSSR count). The molecule has 0 heterocycles. The molecule has 0 unspecified atom stereocenters. The van der Waals surface area contributed by atoms with E-state index in [0.29, 0.717) is 0 Å². The molecule has 7 heteroatoms. The van der Waals surface area contributed by atoms with Gasteiger partial charge in [-0.2, -0.15) is 0 Å². The molecule has 0 aliphatic heterocycles. The number of carbonyl (C=O) groups excluding carboxylic acids is 1. The zero-order chi connectivity index (χ0) is 10.6. The van der Waals surface area contributed by atoms with Crippen molar-refractivity contribution in [1.29, 1.82) is 0 Å². The van der Waals surface area contributed by atoms with Crippen molar-refractivity contribution in [2.24, 2.45) is 5.73 Å². The number of hydrogen-bond donors (Lipinski definition) is 4. The van der Waals surface area contributed by atoms with Crippen molar-refractivity contribution in [2.45, 2.75) is 25.3 Å². The zero-order valence-electron chi connectivity index (χ0n) is 7.10. The lowest BCUT2D eigenvalue weighted by Gasteiger charge is -2.29. The quantitative estimate of drug-likeness (QED) is 0.421. The lowest BCUT2D eigenvalue weighted by atomic mass is 9.92. The van der Waals surface area contributed by atoms with Crippen LogP contribution in [0.25, 0.3) is 0 Å². The Labute approximate surface area is 74.3 Å². The molecule has 13 heavy (non-hydrogen) atoms. The SMILES string of the molecule is CC[C@](CC(N)=O)(C(=O)O)N(O)O. The molecular formula is C6H12N2O5. The number of nitrogens with zero attached hydrogens (tertiary/aromatic N) is 1. The summed E-state index contributed by atoms with van der Waals surface area (Å²) in [5, 5.41) is 25.6. The maximum Gasteiger partial charge on any atom is 0.329 e. The molecule has 0 saturated heterocycles. The highest BCUT2D eigenvalue weighted by Crippen LogP contribution is 2.21. The maximum absolute atomic E-state index is 10.7. The summed E-state index contributed by atoms with van der Waals surface area (Å²) in [5.74, 6) is -2.43. The second-order valence-electron chi connectivity index (χ2n) is 2.62. The molecule has 0 aromatic rings. The average molecular weight is 192 g/mol. The molecule has 0 aromatic heterocycles. The van der Waals surface area contributed by atoms with E-state index < -0.39 is 29.1 Å². The minimum absolute atomic E-state index is 0.154. The van der Waals surface area contributed by atoms with E-state index >= 15 is 0 Å². The molecule has 76 valence electrons. The van der Waals surface area contributed by atoms with E-state index in [2.05, 4.69) is 0 Å². The molecule has 0 fully saturated rings. The molecule has 0 spiro atoms. The summed E-state index contributed by atoms with van der Waals surface area (Å²) in [4.78, 5) is 21.2. The highest BCUT2D eigenvalue weighted by molar-refractivity contribution is 5.86. The number of hydrogen-bond acceptors (Lipinski definition) is 5. The first-order valence-electron chi connectivity index (χ1n) is 3.56. The van der Waals surface area contributed by atoms with Gasteiger partial charge in [0.1, 0.15) is 0 Å². The predicted octanol–water partition coefficient (Wildman–Crippen LogP) is -0.824. The number of nitrogens with two attached hydrogens (primary N) is 1. The van der Waals surface area contributed by atoms with Crippen LogP contribution >= 0.6 is 0 Å². The van der Waals surface area contributed by atoms with Gasteiger partial charge in [0.05, 0.1) is 6.42 Å². The fourth-order valence-electron chi connectivity index (χ4n) is 0.938. The molecule has 5 N–H and O–H groups in total. The van der Waals surface area contributed by atoms with Gasteiger partial charge in [0.15, 0.2) is 5.54 Å². The van der Waals surface area contributed by atoms with Gasteiger partial charge in [-0.05, 0) is 6.42 Å². The summed E-state index contributed by atoms with van der Waals surface area (Å²) in [6.45, 7) is 1.40. The van der Waals surface area contributed by atoms with Crippen LogP contribution in [0.1, 0.15) is 19.8 Å². The highest BCUT2D eigenvalue weighted by atomic mass is 16.8. The van der Waals surface area contributed by atoms with Crippen LogP contribution in [0.2, 0.25) is 0 Å². The van der Waals surface area contributed by atoms with Crippen molar-refractivity contribution in [3.8, 4) is 0 Å². The monoisotopic (exact) mass is 192 g/mol. The van der Waals surface area contributed by atoms with E-state index in [1.54, 1.807) is 0 Å². The number of hydroxylamine groups is 2. The van der Waals surface area contributed by atoms with Gasteiger partial charge in [0.2, 0.25) is 5.91 Å². The Balaban J connectivity index is 4.87. The van der Waals surface area contributed by atoms with Crippen molar-refractivity contribution in [3.05, 3.63) is 0 Å². The predicted molar refractivity (Wildman–Crippen MR) is 39.9 cm³/mol. The first-order chi connectivity index (χ1) is 5.86. The zero-order valence-corrected chi connectivity index (χ0v) is 7.10. The third-order valence-corrected chi connectivity index (χ3v) is 1.83. The molecule has 0 bridgehead atoms. The van der Waals surface area contributed by atoms with Gasteiger partial charge in [0, 0.05) is 0 Å². The Morgan fingerprint density at radius 3 is 2.00 bits per heavy atom. The third kappa shape index (κ3) is 2.38. The Bertz CT molecular complexity index is 217. The summed E-state index contributed by atoms with van der Waals surface area (Å²) < 4.78 is 0. The molecule has 1 atom stereocenters. The van der Waals surface area contributed by atoms with Crippen LogP contribution in [-0.2, 0) is 9.59 Å². The summed E-state index contributed by atoms with van der Waals surface area (Å²) in [5.41, 5.74) is 2.73. The first kappa shape index (κ1) is 11.8. The van der Waals surface area contributed by atoms with Gasteiger partial charge >= 0.3 is 5.97 Å². The van der Waals surface area contributed by atoms with Gasteiger partial charge in [-0.25, -0.2) is 4.79 Å². The van der Waals surface area contributed by atoms with Crippen molar-refractivity contribution in [2.75, 3.05) is 0 Å². The first-order valence-corrected chi connectivity index (χ1v) is 3.56. The molecule has 7 nitrogen and oxygen atoms in total. The highest BCUT2D eigenvalue weighted by Gasteiger charge is 2.44. The van der Waals surface area contributed by atoms with E-state index in [1.807, 2.05) is 0 Å². The number of rotatable bonds is 5. The van der Waals surface area contributed by atoms with Crippen LogP contribution in [0.5, 0.6) is 0 Å². The lowest BCUT2D eigenvalue weighted by molar-refractivity contribution is -0.357. The second kappa shape index (κ2) is 4.17. The van der Waals surface area contributed by atoms with Crippen LogP contribution in [0.4, 0.5) is 0 Å². The third-order valence-electron chi connectivity index (χ3n) is 1.83. The molecule has 1 amide bonds. The maximum atomic E-state index is 10.7. The molecule has 0 saturated carbocycles. The second-order valence-corrected chi connectivity index (χ2v) is 2.62. The Morgan fingerprint density at radius 2 is 1.92 bits per heavy atom. The molecule has 0 radical (unpaired) electrons. The fourth-order valence-corrected chi connectivity index (χ4v) is 0.938. The summed E-state index contributed by atoms with van der Waals surface area (Å²) >= 11 is 0. The van der Waals surface area contributed by atoms with Crippen LogP contribution in [0.15, 0.2) is 0 Å². The number of carbonyl (C=O) groups is 2. The van der Waals surface area contributed by atoms with Crippen LogP contribution in [0, 0.1) is 0 Å². The van der Waals surface area contributed by atoms with E-state index in [-0.39, 0.29) is 6.42 Å². The number of primary amides is 1. The number of amides is 1. The fraction of sp³-hybridized carbons (Fsp3) is 0.667. The van der Waals surface area contributed by atoms with Gasteiger partial charge in [-0.15, -0.1) is 0 Å². The summed E-state index contributed by atoms with van der Waals surface area (Å²) in [7, 11) is 0. The average Bonchev–Trinajstić information content (AvgIpc) is 1.98. The number of aliphatic carboxylic acids is 1. The molecule has 0 aromatic carbocycles. The van der Waals surface area contributed by atoms with Gasteiger partial charge < -0.3 is 10.8 Å². The minimum Gasteiger partial charge on any atom is -0.480 e. The van der Waals surface area contributed by atoms with Crippen LogP contribution in [-0.4, -0.2) is 38.2 Å². The van der Waals surface area contributed by atoms with Gasteiger partial charge in [-0.1, -0.05) is 12.2 Å². The number of carboxylic acids is 1. The smallest absolute Gasteiger partial charge is 0.329 e. The van der Waals surface area contributed by atoms with Crippen molar-refractivity contribution >= 4 is 11.9 Å². The minimum atomic E-state index is -2.05.